The molecule has 0 spiro atoms. The Hall–Kier alpha value is -2.86. The van der Waals surface area contributed by atoms with Gasteiger partial charge in [0, 0.05) is 5.75 Å². The average molecular weight is 365 g/mol. The van der Waals surface area contributed by atoms with Gasteiger partial charge in [0.15, 0.2) is 10.9 Å². The van der Waals surface area contributed by atoms with Crippen LogP contribution in [0.3, 0.4) is 0 Å². The lowest BCUT2D eigenvalue weighted by molar-refractivity contribution is 0.575. The number of nitrogens with zero attached hydrogens (tertiary/aromatic N) is 3. The van der Waals surface area contributed by atoms with Crippen LogP contribution in [0.4, 0.5) is 4.39 Å². The molecule has 0 amide bonds. The summed E-state index contributed by atoms with van der Waals surface area (Å²) in [5.41, 5.74) is 3.26. The van der Waals surface area contributed by atoms with Gasteiger partial charge < -0.3 is 4.42 Å². The molecule has 2 aromatic heterocycles. The van der Waals surface area contributed by atoms with Crippen molar-refractivity contribution in [3.63, 3.8) is 0 Å². The molecule has 6 heteroatoms. The van der Waals surface area contributed by atoms with E-state index in [0.717, 1.165) is 16.6 Å². The lowest BCUT2D eigenvalue weighted by atomic mass is 10.1. The first kappa shape index (κ1) is 16.6. The Bertz CT molecular complexity index is 1010. The van der Waals surface area contributed by atoms with E-state index in [1.807, 2.05) is 22.8 Å². The lowest BCUT2D eigenvalue weighted by Gasteiger charge is -2.10. The van der Waals surface area contributed by atoms with Crippen LogP contribution < -0.4 is 0 Å². The van der Waals surface area contributed by atoms with E-state index in [-0.39, 0.29) is 5.82 Å². The van der Waals surface area contributed by atoms with Crippen LogP contribution in [-0.2, 0) is 5.75 Å². The molecular weight excluding hydrogens is 349 g/mol. The van der Waals surface area contributed by atoms with E-state index < -0.39 is 0 Å². The van der Waals surface area contributed by atoms with Crippen LogP contribution >= 0.6 is 11.8 Å². The molecular formula is C20H16FN3OS. The topological polar surface area (TPSA) is 43.9 Å². The summed E-state index contributed by atoms with van der Waals surface area (Å²) in [6, 6.07) is 18.2. The van der Waals surface area contributed by atoms with Crippen molar-refractivity contribution in [1.29, 1.82) is 0 Å². The lowest BCUT2D eigenvalue weighted by Crippen LogP contribution is -1.99. The predicted molar refractivity (Wildman–Crippen MR) is 99.8 cm³/mol. The number of halogens is 1. The number of hydrogen-bond acceptors (Lipinski definition) is 4. The largest absolute Gasteiger partial charge is 0.461 e. The molecule has 0 N–H and O–H groups in total. The quantitative estimate of drug-likeness (QED) is 0.452. The van der Waals surface area contributed by atoms with Gasteiger partial charge in [0.1, 0.15) is 5.82 Å². The van der Waals surface area contributed by atoms with Gasteiger partial charge in [-0.05, 0) is 54.4 Å². The molecule has 0 aliphatic rings. The zero-order chi connectivity index (χ0) is 17.9. The van der Waals surface area contributed by atoms with Gasteiger partial charge in [-0.3, -0.25) is 4.57 Å². The molecule has 4 aromatic rings. The number of benzene rings is 2. The SMILES string of the molecule is Cc1ccccc1CSc1nnc(-c2ccco2)n1-c1ccc(F)cc1. The zero-order valence-corrected chi connectivity index (χ0v) is 14.9. The summed E-state index contributed by atoms with van der Waals surface area (Å²) >= 11 is 1.59. The van der Waals surface area contributed by atoms with Crippen LogP contribution in [-0.4, -0.2) is 14.8 Å². The molecule has 2 heterocycles. The number of aryl methyl sites for hydroxylation is 1. The highest BCUT2D eigenvalue weighted by atomic mass is 32.2. The Morgan fingerprint density at radius 2 is 1.81 bits per heavy atom. The van der Waals surface area contributed by atoms with Gasteiger partial charge in [0.25, 0.3) is 0 Å². The van der Waals surface area contributed by atoms with Gasteiger partial charge in [-0.2, -0.15) is 0 Å². The molecule has 0 radical (unpaired) electrons. The predicted octanol–water partition coefficient (Wildman–Crippen LogP) is 5.27. The third kappa shape index (κ3) is 3.28. The van der Waals surface area contributed by atoms with E-state index >= 15 is 0 Å². The summed E-state index contributed by atoms with van der Waals surface area (Å²) in [5.74, 6) is 1.69. The highest BCUT2D eigenvalue weighted by Crippen LogP contribution is 2.30. The molecule has 0 bridgehead atoms. The first-order valence-corrected chi connectivity index (χ1v) is 9.13. The molecule has 0 unspecified atom stereocenters. The monoisotopic (exact) mass is 365 g/mol. The Balaban J connectivity index is 1.72. The molecule has 4 nitrogen and oxygen atoms in total. The summed E-state index contributed by atoms with van der Waals surface area (Å²) in [7, 11) is 0. The van der Waals surface area contributed by atoms with Crippen molar-refractivity contribution in [2.75, 3.05) is 0 Å². The second kappa shape index (κ2) is 7.17. The molecule has 26 heavy (non-hydrogen) atoms. The van der Waals surface area contributed by atoms with E-state index in [1.54, 1.807) is 36.2 Å². The molecule has 0 fully saturated rings. The van der Waals surface area contributed by atoms with Crippen LogP contribution in [0.2, 0.25) is 0 Å². The van der Waals surface area contributed by atoms with Crippen molar-refractivity contribution >= 4 is 11.8 Å². The third-order valence-electron chi connectivity index (χ3n) is 4.08. The minimum absolute atomic E-state index is 0.282. The van der Waals surface area contributed by atoms with Crippen molar-refractivity contribution in [2.24, 2.45) is 0 Å². The standard InChI is InChI=1S/C20H16FN3OS/c1-14-5-2-3-6-15(14)13-26-20-23-22-19(18-7-4-12-25-18)24(20)17-10-8-16(21)9-11-17/h2-12H,13H2,1H3. The fourth-order valence-corrected chi connectivity index (χ4v) is 3.69. The van der Waals surface area contributed by atoms with E-state index in [9.17, 15) is 4.39 Å². The van der Waals surface area contributed by atoms with Crippen LogP contribution in [0.1, 0.15) is 11.1 Å². The van der Waals surface area contributed by atoms with Crippen LogP contribution in [0, 0.1) is 12.7 Å². The molecule has 0 saturated carbocycles. The van der Waals surface area contributed by atoms with Gasteiger partial charge in [0.2, 0.25) is 5.82 Å². The highest BCUT2D eigenvalue weighted by Gasteiger charge is 2.18. The van der Waals surface area contributed by atoms with Crippen molar-refractivity contribution in [2.45, 2.75) is 17.8 Å². The third-order valence-corrected chi connectivity index (χ3v) is 5.06. The minimum atomic E-state index is -0.282. The van der Waals surface area contributed by atoms with E-state index in [2.05, 4.69) is 29.3 Å². The van der Waals surface area contributed by atoms with E-state index in [0.29, 0.717) is 11.6 Å². The average Bonchev–Trinajstić information content (AvgIpc) is 3.31. The van der Waals surface area contributed by atoms with Gasteiger partial charge in [0.05, 0.1) is 12.0 Å². The number of hydrogen-bond donors (Lipinski definition) is 0. The number of rotatable bonds is 5. The normalized spacial score (nSPS) is 11.0. The Kier molecular flexibility index (Phi) is 4.58. The van der Waals surface area contributed by atoms with Crippen molar-refractivity contribution in [3.8, 4) is 17.3 Å². The first-order chi connectivity index (χ1) is 12.7. The number of furan rings is 1. The fraction of sp³-hybridized carbons (Fsp3) is 0.100. The highest BCUT2D eigenvalue weighted by molar-refractivity contribution is 7.98. The van der Waals surface area contributed by atoms with Gasteiger partial charge in [-0.1, -0.05) is 36.0 Å². The van der Waals surface area contributed by atoms with E-state index in [1.165, 1.54) is 23.3 Å². The molecule has 0 atom stereocenters. The summed E-state index contributed by atoms with van der Waals surface area (Å²) in [5, 5.41) is 9.36. The van der Waals surface area contributed by atoms with E-state index in [4.69, 9.17) is 4.42 Å². The summed E-state index contributed by atoms with van der Waals surface area (Å²) in [6.45, 7) is 2.09. The summed E-state index contributed by atoms with van der Waals surface area (Å²) in [4.78, 5) is 0. The second-order valence-electron chi connectivity index (χ2n) is 5.81. The van der Waals surface area contributed by atoms with Crippen molar-refractivity contribution in [1.82, 2.24) is 14.8 Å². The Morgan fingerprint density at radius 3 is 2.54 bits per heavy atom. The Labute approximate surface area is 154 Å². The first-order valence-electron chi connectivity index (χ1n) is 8.15. The molecule has 2 aromatic carbocycles. The molecule has 0 aliphatic heterocycles. The number of thioether (sulfide) groups is 1. The van der Waals surface area contributed by atoms with Gasteiger partial charge in [-0.25, -0.2) is 4.39 Å². The summed E-state index contributed by atoms with van der Waals surface area (Å²) in [6.07, 6.45) is 1.60. The van der Waals surface area contributed by atoms with Crippen molar-refractivity contribution in [3.05, 3.63) is 83.9 Å². The van der Waals surface area contributed by atoms with Gasteiger partial charge in [-0.15, -0.1) is 10.2 Å². The maximum Gasteiger partial charge on any atom is 0.205 e. The minimum Gasteiger partial charge on any atom is -0.461 e. The summed E-state index contributed by atoms with van der Waals surface area (Å²) < 4.78 is 20.7. The molecule has 4 rings (SSSR count). The fourth-order valence-electron chi connectivity index (χ4n) is 2.67. The second-order valence-corrected chi connectivity index (χ2v) is 6.75. The van der Waals surface area contributed by atoms with Crippen LogP contribution in [0.25, 0.3) is 17.3 Å². The van der Waals surface area contributed by atoms with Crippen molar-refractivity contribution < 1.29 is 8.81 Å². The Morgan fingerprint density at radius 1 is 1.00 bits per heavy atom. The van der Waals surface area contributed by atoms with Crippen LogP contribution in [0.5, 0.6) is 0 Å². The maximum absolute atomic E-state index is 13.4. The molecule has 130 valence electrons. The number of aromatic nitrogens is 3. The molecule has 0 saturated heterocycles. The maximum atomic E-state index is 13.4. The van der Waals surface area contributed by atoms with Crippen LogP contribution in [0.15, 0.2) is 76.5 Å². The van der Waals surface area contributed by atoms with Gasteiger partial charge >= 0.3 is 0 Å². The zero-order valence-electron chi connectivity index (χ0n) is 14.1. The molecule has 0 aliphatic carbocycles. The smallest absolute Gasteiger partial charge is 0.205 e.